The van der Waals surface area contributed by atoms with Crippen molar-refractivity contribution in [2.24, 2.45) is 0 Å². The van der Waals surface area contributed by atoms with Crippen molar-refractivity contribution in [3.05, 3.63) is 162 Å². The van der Waals surface area contributed by atoms with Crippen molar-refractivity contribution in [2.45, 2.75) is 71.6 Å². The molecule has 7 aromatic carbocycles. The normalized spacial score (nSPS) is 13.8. The first-order chi connectivity index (χ1) is 25.3. The average molecular weight is 706 g/mol. The standard InChI is InChI=1S/C51H47NS/c1-49(2,3)33-29-41(50(4,5)6)48-42(30-33)51(7,8)40-23-16-22-38(47(40)48)36-20-11-13-24-44(36)52(43-25-15-18-32-17-9-10-19-35(32)43)34-27-28-46-39(31-34)37-21-12-14-26-45(37)53-46/h9-31H,1-8H3. The fourth-order valence-electron chi connectivity index (χ4n) is 8.70. The Bertz CT molecular complexity index is 2720. The molecule has 0 unspecified atom stereocenters. The zero-order chi connectivity index (χ0) is 36.9. The molecule has 0 radical (unpaired) electrons. The van der Waals surface area contributed by atoms with Crippen LogP contribution in [-0.4, -0.2) is 0 Å². The minimum Gasteiger partial charge on any atom is -0.309 e. The number of thiophene rings is 1. The van der Waals surface area contributed by atoms with Gasteiger partial charge >= 0.3 is 0 Å². The predicted octanol–water partition coefficient (Wildman–Crippen LogP) is 15.2. The highest BCUT2D eigenvalue weighted by Gasteiger charge is 2.41. The van der Waals surface area contributed by atoms with E-state index >= 15 is 0 Å². The number of hydrogen-bond acceptors (Lipinski definition) is 2. The molecule has 262 valence electrons. The summed E-state index contributed by atoms with van der Waals surface area (Å²) >= 11 is 1.87. The molecule has 0 atom stereocenters. The highest BCUT2D eigenvalue weighted by molar-refractivity contribution is 7.25. The molecule has 1 aromatic heterocycles. The minimum atomic E-state index is -0.142. The molecule has 0 aliphatic heterocycles. The van der Waals surface area contributed by atoms with Gasteiger partial charge in [0.05, 0.1) is 11.4 Å². The van der Waals surface area contributed by atoms with Gasteiger partial charge in [0.15, 0.2) is 0 Å². The Morgan fingerprint density at radius 1 is 0.491 bits per heavy atom. The molecule has 2 heteroatoms. The molecule has 1 heterocycles. The molecule has 0 spiro atoms. The van der Waals surface area contributed by atoms with E-state index in [9.17, 15) is 0 Å². The smallest absolute Gasteiger partial charge is 0.0540 e. The van der Waals surface area contributed by atoms with Crippen molar-refractivity contribution in [2.75, 3.05) is 4.90 Å². The lowest BCUT2D eigenvalue weighted by Crippen LogP contribution is -2.21. The maximum Gasteiger partial charge on any atom is 0.0540 e. The van der Waals surface area contributed by atoms with Gasteiger partial charge in [-0.1, -0.05) is 159 Å². The van der Waals surface area contributed by atoms with Gasteiger partial charge in [-0.3, -0.25) is 0 Å². The molecule has 1 aliphatic rings. The van der Waals surface area contributed by atoms with Crippen LogP contribution in [0.25, 0.3) is 53.2 Å². The fraction of sp³-hybridized carbons (Fsp3) is 0.216. The summed E-state index contributed by atoms with van der Waals surface area (Å²) in [6.07, 6.45) is 0. The molecule has 8 aromatic rings. The summed E-state index contributed by atoms with van der Waals surface area (Å²) in [7, 11) is 0. The van der Waals surface area contributed by atoms with E-state index in [-0.39, 0.29) is 16.2 Å². The molecule has 0 saturated carbocycles. The van der Waals surface area contributed by atoms with Gasteiger partial charge in [0.25, 0.3) is 0 Å². The number of nitrogens with zero attached hydrogens (tertiary/aromatic N) is 1. The lowest BCUT2D eigenvalue weighted by atomic mass is 9.74. The first kappa shape index (κ1) is 33.6. The number of fused-ring (bicyclic) bond motifs is 7. The van der Waals surface area contributed by atoms with Crippen molar-refractivity contribution in [3.63, 3.8) is 0 Å². The third-order valence-corrected chi connectivity index (χ3v) is 12.7. The third kappa shape index (κ3) is 5.33. The van der Waals surface area contributed by atoms with E-state index in [1.54, 1.807) is 0 Å². The van der Waals surface area contributed by atoms with E-state index in [0.717, 1.165) is 5.69 Å². The second-order valence-corrected chi connectivity index (χ2v) is 18.5. The van der Waals surface area contributed by atoms with E-state index in [0.29, 0.717) is 0 Å². The molecule has 9 rings (SSSR count). The quantitative estimate of drug-likeness (QED) is 0.176. The van der Waals surface area contributed by atoms with Gasteiger partial charge in [-0.15, -0.1) is 11.3 Å². The Morgan fingerprint density at radius 2 is 1.13 bits per heavy atom. The summed E-state index contributed by atoms with van der Waals surface area (Å²) < 4.78 is 2.63. The number of hydrogen-bond donors (Lipinski definition) is 0. The summed E-state index contributed by atoms with van der Waals surface area (Å²) in [4.78, 5) is 2.51. The van der Waals surface area contributed by atoms with Gasteiger partial charge in [0, 0.05) is 42.2 Å². The van der Waals surface area contributed by atoms with E-state index in [1.165, 1.54) is 86.8 Å². The third-order valence-electron chi connectivity index (χ3n) is 11.5. The summed E-state index contributed by atoms with van der Waals surface area (Å²) in [6, 6.07) is 52.5. The van der Waals surface area contributed by atoms with Crippen molar-refractivity contribution in [1.29, 1.82) is 0 Å². The van der Waals surface area contributed by atoms with Crippen molar-refractivity contribution < 1.29 is 0 Å². The Labute approximate surface area is 318 Å². The van der Waals surface area contributed by atoms with Crippen LogP contribution in [-0.2, 0) is 16.2 Å². The zero-order valence-electron chi connectivity index (χ0n) is 32.1. The van der Waals surface area contributed by atoms with Crippen molar-refractivity contribution in [1.82, 2.24) is 0 Å². The van der Waals surface area contributed by atoms with Crippen molar-refractivity contribution >= 4 is 59.3 Å². The van der Waals surface area contributed by atoms with Crippen LogP contribution < -0.4 is 4.90 Å². The maximum atomic E-state index is 2.52. The molecule has 1 aliphatic carbocycles. The molecule has 1 nitrogen and oxygen atoms in total. The highest BCUT2D eigenvalue weighted by Crippen LogP contribution is 2.57. The van der Waals surface area contributed by atoms with Gasteiger partial charge in [-0.2, -0.15) is 0 Å². The number of benzene rings is 7. The average Bonchev–Trinajstić information content (AvgIpc) is 3.62. The van der Waals surface area contributed by atoms with Gasteiger partial charge in [-0.05, 0) is 91.6 Å². The minimum absolute atomic E-state index is 0.0383. The SMILES string of the molecule is CC(C)(C)c1cc(C(C)(C)C)c2c(c1)C(C)(C)c1cccc(-c3ccccc3N(c3ccc4sc5ccccc5c4c3)c3cccc4ccccc34)c1-2. The Morgan fingerprint density at radius 3 is 1.92 bits per heavy atom. The monoisotopic (exact) mass is 705 g/mol. The fourth-order valence-corrected chi connectivity index (χ4v) is 9.79. The first-order valence-electron chi connectivity index (χ1n) is 18.9. The largest absolute Gasteiger partial charge is 0.309 e. The highest BCUT2D eigenvalue weighted by atomic mass is 32.1. The Hall–Kier alpha value is -5.18. The summed E-state index contributed by atoms with van der Waals surface area (Å²) in [6.45, 7) is 19.0. The van der Waals surface area contributed by atoms with Crippen LogP contribution in [0.3, 0.4) is 0 Å². The van der Waals surface area contributed by atoms with E-state index in [1.807, 2.05) is 11.3 Å². The maximum absolute atomic E-state index is 2.52. The Kier molecular flexibility index (Phi) is 7.56. The summed E-state index contributed by atoms with van der Waals surface area (Å²) in [5, 5.41) is 5.07. The zero-order valence-corrected chi connectivity index (χ0v) is 33.0. The number of para-hydroxylation sites is 1. The first-order valence-corrected chi connectivity index (χ1v) is 19.8. The lowest BCUT2D eigenvalue weighted by Gasteiger charge is -2.31. The summed E-state index contributed by atoms with van der Waals surface area (Å²) in [5.74, 6) is 0. The topological polar surface area (TPSA) is 3.24 Å². The molecule has 0 bridgehead atoms. The summed E-state index contributed by atoms with van der Waals surface area (Å²) in [5.41, 5.74) is 14.4. The van der Waals surface area contributed by atoms with Crippen LogP contribution >= 0.6 is 11.3 Å². The molecular formula is C51H47NS. The van der Waals surface area contributed by atoms with Crippen LogP contribution in [0.2, 0.25) is 0 Å². The van der Waals surface area contributed by atoms with Gasteiger partial charge in [0.2, 0.25) is 0 Å². The van der Waals surface area contributed by atoms with E-state index in [4.69, 9.17) is 0 Å². The van der Waals surface area contributed by atoms with Gasteiger partial charge < -0.3 is 4.90 Å². The predicted molar refractivity (Wildman–Crippen MR) is 232 cm³/mol. The van der Waals surface area contributed by atoms with E-state index in [2.05, 4.69) is 200 Å². The molecular weight excluding hydrogens is 659 g/mol. The van der Waals surface area contributed by atoms with Crippen molar-refractivity contribution in [3.8, 4) is 22.3 Å². The Balaban J connectivity index is 1.35. The molecule has 0 saturated heterocycles. The van der Waals surface area contributed by atoms with Crippen LogP contribution in [0.5, 0.6) is 0 Å². The second kappa shape index (κ2) is 11.9. The van der Waals surface area contributed by atoms with Crippen LogP contribution in [0.1, 0.15) is 77.6 Å². The van der Waals surface area contributed by atoms with E-state index < -0.39 is 0 Å². The number of rotatable bonds is 4. The van der Waals surface area contributed by atoms with Gasteiger partial charge in [-0.25, -0.2) is 0 Å². The second-order valence-electron chi connectivity index (χ2n) is 17.4. The molecule has 0 fully saturated rings. The van der Waals surface area contributed by atoms with Crippen LogP contribution in [0.15, 0.2) is 140 Å². The molecule has 0 amide bonds. The van der Waals surface area contributed by atoms with Crippen LogP contribution in [0, 0.1) is 0 Å². The van der Waals surface area contributed by atoms with Crippen LogP contribution in [0.4, 0.5) is 17.1 Å². The van der Waals surface area contributed by atoms with Gasteiger partial charge in [0.1, 0.15) is 0 Å². The number of anilines is 3. The molecule has 53 heavy (non-hydrogen) atoms. The molecule has 0 N–H and O–H groups in total. The lowest BCUT2D eigenvalue weighted by molar-refractivity contribution is 0.564.